The van der Waals surface area contributed by atoms with Gasteiger partial charge in [0.2, 0.25) is 5.91 Å². The molecule has 2 aromatic rings. The first-order valence-electron chi connectivity index (χ1n) is 7.95. The van der Waals surface area contributed by atoms with Gasteiger partial charge >= 0.3 is 0 Å². The van der Waals surface area contributed by atoms with Gasteiger partial charge in [-0.15, -0.1) is 0 Å². The predicted molar refractivity (Wildman–Crippen MR) is 106 cm³/mol. The lowest BCUT2D eigenvalue weighted by molar-refractivity contribution is -0.112. The number of carbonyl (C=O) groups is 1. The lowest BCUT2D eigenvalue weighted by Gasteiger charge is -2.16. The molecule has 0 saturated carbocycles. The second-order valence-corrected chi connectivity index (χ2v) is 6.18. The van der Waals surface area contributed by atoms with E-state index in [0.717, 1.165) is 16.9 Å². The van der Waals surface area contributed by atoms with E-state index in [2.05, 4.69) is 0 Å². The van der Waals surface area contributed by atoms with Crippen LogP contribution in [0.3, 0.4) is 0 Å². The van der Waals surface area contributed by atoms with E-state index in [4.69, 9.17) is 11.1 Å². The van der Waals surface area contributed by atoms with Crippen LogP contribution in [0.2, 0.25) is 0 Å². The fourth-order valence-corrected chi connectivity index (χ4v) is 2.60. The van der Waals surface area contributed by atoms with Crippen LogP contribution in [0, 0.1) is 5.41 Å². The molecule has 0 aliphatic rings. The summed E-state index contributed by atoms with van der Waals surface area (Å²) in [6.07, 6.45) is 1.19. The van der Waals surface area contributed by atoms with Gasteiger partial charge in [-0.2, -0.15) is 0 Å². The smallest absolute Gasteiger partial charge is 0.249 e. The van der Waals surface area contributed by atoms with E-state index in [0.29, 0.717) is 16.7 Å². The molecule has 0 aromatic heterocycles. The summed E-state index contributed by atoms with van der Waals surface area (Å²) in [7, 11) is 7.83. The summed E-state index contributed by atoms with van der Waals surface area (Å²) < 4.78 is 0. The molecule has 25 heavy (non-hydrogen) atoms. The van der Waals surface area contributed by atoms with Crippen LogP contribution in [0.4, 0.5) is 11.4 Å². The van der Waals surface area contributed by atoms with E-state index in [1.165, 1.54) is 6.21 Å². The van der Waals surface area contributed by atoms with Crippen LogP contribution in [-0.4, -0.2) is 40.3 Å². The molecule has 5 heteroatoms. The maximum Gasteiger partial charge on any atom is 0.249 e. The lowest BCUT2D eigenvalue weighted by atomic mass is 9.94. The summed E-state index contributed by atoms with van der Waals surface area (Å²) in [4.78, 5) is 16.1. The van der Waals surface area contributed by atoms with Crippen molar-refractivity contribution in [2.45, 2.75) is 0 Å². The standard InChI is InChI=1S/C20H24N4O/c1-23(2)16-9-5-14(6-10-16)18(13-21)19(20(22)25)15-7-11-17(12-8-15)24(3)4/h5-13,21H,1-4H3,(H2,22,25)/b19-18+,21-13?. The van der Waals surface area contributed by atoms with Crippen molar-refractivity contribution < 1.29 is 4.79 Å². The van der Waals surface area contributed by atoms with Crippen LogP contribution < -0.4 is 15.5 Å². The molecule has 0 aliphatic heterocycles. The quantitative estimate of drug-likeness (QED) is 0.484. The van der Waals surface area contributed by atoms with E-state index in [9.17, 15) is 4.79 Å². The molecule has 130 valence electrons. The molecule has 2 aromatic carbocycles. The minimum absolute atomic E-state index is 0.345. The molecular formula is C20H24N4O. The number of rotatable bonds is 6. The highest BCUT2D eigenvalue weighted by molar-refractivity contribution is 6.35. The van der Waals surface area contributed by atoms with E-state index in [-0.39, 0.29) is 0 Å². The topological polar surface area (TPSA) is 73.4 Å². The van der Waals surface area contributed by atoms with Gasteiger partial charge in [0.15, 0.2) is 0 Å². The highest BCUT2D eigenvalue weighted by atomic mass is 16.1. The van der Waals surface area contributed by atoms with Gasteiger partial charge in [-0.05, 0) is 35.4 Å². The maximum absolute atomic E-state index is 12.1. The average Bonchev–Trinajstić information content (AvgIpc) is 2.59. The number of carbonyl (C=O) groups excluding carboxylic acids is 1. The van der Waals surface area contributed by atoms with E-state index >= 15 is 0 Å². The summed E-state index contributed by atoms with van der Waals surface area (Å²) in [6, 6.07) is 15.3. The number of hydrogen-bond donors (Lipinski definition) is 2. The summed E-state index contributed by atoms with van der Waals surface area (Å²) in [5.74, 6) is -0.548. The van der Waals surface area contributed by atoms with Crippen molar-refractivity contribution in [3.63, 3.8) is 0 Å². The second-order valence-electron chi connectivity index (χ2n) is 6.18. The third kappa shape index (κ3) is 4.07. The Bertz CT molecular complexity index is 787. The maximum atomic E-state index is 12.1. The van der Waals surface area contributed by atoms with Crippen molar-refractivity contribution in [1.29, 1.82) is 5.41 Å². The Morgan fingerprint density at radius 3 is 1.56 bits per heavy atom. The van der Waals surface area contributed by atoms with E-state index in [1.807, 2.05) is 86.5 Å². The van der Waals surface area contributed by atoms with Crippen molar-refractivity contribution in [3.05, 3.63) is 59.7 Å². The van der Waals surface area contributed by atoms with Crippen LogP contribution in [0.25, 0.3) is 11.1 Å². The Morgan fingerprint density at radius 1 is 0.840 bits per heavy atom. The largest absolute Gasteiger partial charge is 0.378 e. The Labute approximate surface area is 148 Å². The monoisotopic (exact) mass is 336 g/mol. The number of hydrogen-bond acceptors (Lipinski definition) is 4. The van der Waals surface area contributed by atoms with Crippen molar-refractivity contribution in [2.75, 3.05) is 38.0 Å². The normalized spacial score (nSPS) is 11.5. The molecule has 0 fully saturated rings. The van der Waals surface area contributed by atoms with Gasteiger partial charge in [0, 0.05) is 51.4 Å². The molecule has 0 spiro atoms. The first kappa shape index (κ1) is 18.3. The number of anilines is 2. The molecule has 5 nitrogen and oxygen atoms in total. The zero-order valence-electron chi connectivity index (χ0n) is 15.1. The van der Waals surface area contributed by atoms with Gasteiger partial charge in [-0.1, -0.05) is 24.3 Å². The molecule has 0 unspecified atom stereocenters. The van der Waals surface area contributed by atoms with E-state index < -0.39 is 5.91 Å². The van der Waals surface area contributed by atoms with Crippen LogP contribution in [0.1, 0.15) is 11.1 Å². The third-order valence-electron chi connectivity index (χ3n) is 4.03. The highest BCUT2D eigenvalue weighted by Crippen LogP contribution is 2.27. The van der Waals surface area contributed by atoms with Crippen LogP contribution in [0.5, 0.6) is 0 Å². The van der Waals surface area contributed by atoms with Gasteiger partial charge in [0.05, 0.1) is 5.57 Å². The molecule has 0 atom stereocenters. The molecule has 0 aliphatic carbocycles. The zero-order chi connectivity index (χ0) is 18.6. The number of allylic oxidation sites excluding steroid dienone is 1. The predicted octanol–water partition coefficient (Wildman–Crippen LogP) is 2.86. The minimum Gasteiger partial charge on any atom is -0.378 e. The molecular weight excluding hydrogens is 312 g/mol. The highest BCUT2D eigenvalue weighted by Gasteiger charge is 2.16. The van der Waals surface area contributed by atoms with Gasteiger partial charge in [-0.25, -0.2) is 0 Å². The summed E-state index contributed by atoms with van der Waals surface area (Å²) >= 11 is 0. The number of nitrogens with one attached hydrogen (secondary N) is 1. The first-order chi connectivity index (χ1) is 11.8. The molecule has 0 bridgehead atoms. The van der Waals surface area contributed by atoms with Crippen molar-refractivity contribution >= 4 is 34.6 Å². The van der Waals surface area contributed by atoms with Gasteiger partial charge in [-0.3, -0.25) is 4.79 Å². The van der Waals surface area contributed by atoms with Crippen LogP contribution in [0.15, 0.2) is 48.5 Å². The number of benzene rings is 2. The number of nitrogens with two attached hydrogens (primary N) is 1. The summed E-state index contributed by atoms with van der Waals surface area (Å²) in [5.41, 5.74) is 10.1. The second kappa shape index (κ2) is 7.66. The average molecular weight is 336 g/mol. The minimum atomic E-state index is -0.548. The Balaban J connectivity index is 2.56. The molecule has 0 heterocycles. The lowest BCUT2D eigenvalue weighted by Crippen LogP contribution is -2.16. The Hall–Kier alpha value is -3.08. The Kier molecular flexibility index (Phi) is 5.60. The van der Waals surface area contributed by atoms with Crippen LogP contribution >= 0.6 is 0 Å². The van der Waals surface area contributed by atoms with Crippen LogP contribution in [-0.2, 0) is 4.79 Å². The fourth-order valence-electron chi connectivity index (χ4n) is 2.60. The van der Waals surface area contributed by atoms with Gasteiger partial charge in [0.1, 0.15) is 0 Å². The molecule has 0 saturated heterocycles. The van der Waals surface area contributed by atoms with Crippen molar-refractivity contribution in [3.8, 4) is 0 Å². The zero-order valence-corrected chi connectivity index (χ0v) is 15.1. The van der Waals surface area contributed by atoms with E-state index in [1.54, 1.807) is 0 Å². The van der Waals surface area contributed by atoms with Gasteiger partial charge < -0.3 is 20.9 Å². The number of amides is 1. The SMILES string of the molecule is CN(C)c1ccc(/C(C=N)=C(/C(N)=O)c2ccc(N(C)C)cc2)cc1. The summed E-state index contributed by atoms with van der Waals surface area (Å²) in [5, 5.41) is 7.81. The number of primary amides is 1. The molecule has 0 radical (unpaired) electrons. The summed E-state index contributed by atoms with van der Waals surface area (Å²) in [6.45, 7) is 0. The first-order valence-corrected chi connectivity index (χ1v) is 7.95. The Morgan fingerprint density at radius 2 is 1.24 bits per heavy atom. The fraction of sp³-hybridized carbons (Fsp3) is 0.200. The van der Waals surface area contributed by atoms with Gasteiger partial charge in [0.25, 0.3) is 0 Å². The van der Waals surface area contributed by atoms with Crippen molar-refractivity contribution in [1.82, 2.24) is 0 Å². The number of nitrogens with zero attached hydrogens (tertiary/aromatic N) is 2. The third-order valence-corrected chi connectivity index (χ3v) is 4.03. The molecule has 1 amide bonds. The molecule has 2 rings (SSSR count). The van der Waals surface area contributed by atoms with Crippen molar-refractivity contribution in [2.24, 2.45) is 5.73 Å². The molecule has 3 N–H and O–H groups in total.